The Morgan fingerprint density at radius 1 is 1.35 bits per heavy atom. The molecule has 2 N–H and O–H groups in total. The van der Waals surface area contributed by atoms with E-state index in [-0.39, 0.29) is 18.7 Å². The van der Waals surface area contributed by atoms with E-state index in [0.717, 1.165) is 10.9 Å². The van der Waals surface area contributed by atoms with Crippen molar-refractivity contribution in [1.82, 2.24) is 10.6 Å². The van der Waals surface area contributed by atoms with Crippen LogP contribution in [-0.4, -0.2) is 46.1 Å². The second-order valence-corrected chi connectivity index (χ2v) is 5.18. The van der Waals surface area contributed by atoms with Gasteiger partial charge in [-0.05, 0) is 24.1 Å². The standard InChI is InChI=1S/C14H21BrN2O3/c1-19-14(20-2)10-16-9-13(18)17-7-6-11-4-3-5-12(15)8-11/h3-5,8,14,16H,6-7,9-10H2,1-2H3,(H,17,18). The molecule has 0 saturated heterocycles. The van der Waals surface area contributed by atoms with Gasteiger partial charge in [0.1, 0.15) is 0 Å². The van der Waals surface area contributed by atoms with Crippen LogP contribution in [0.15, 0.2) is 28.7 Å². The maximum Gasteiger partial charge on any atom is 0.233 e. The van der Waals surface area contributed by atoms with Crippen molar-refractivity contribution in [3.05, 3.63) is 34.3 Å². The van der Waals surface area contributed by atoms with Gasteiger partial charge in [-0.3, -0.25) is 4.79 Å². The summed E-state index contributed by atoms with van der Waals surface area (Å²) in [4.78, 5) is 11.6. The molecule has 0 heterocycles. The maximum absolute atomic E-state index is 11.6. The van der Waals surface area contributed by atoms with E-state index in [2.05, 4.69) is 26.6 Å². The molecule has 112 valence electrons. The van der Waals surface area contributed by atoms with Crippen LogP contribution in [0.1, 0.15) is 5.56 Å². The molecule has 0 atom stereocenters. The summed E-state index contributed by atoms with van der Waals surface area (Å²) in [6.45, 7) is 1.35. The van der Waals surface area contributed by atoms with Crippen molar-refractivity contribution in [3.8, 4) is 0 Å². The zero-order chi connectivity index (χ0) is 14.8. The molecule has 6 heteroatoms. The number of nitrogens with one attached hydrogen (secondary N) is 2. The van der Waals surface area contributed by atoms with Gasteiger partial charge in [0.25, 0.3) is 0 Å². The molecule has 0 spiro atoms. The van der Waals surface area contributed by atoms with Crippen LogP contribution < -0.4 is 10.6 Å². The summed E-state index contributed by atoms with van der Waals surface area (Å²) in [5.74, 6) is -0.0362. The first-order chi connectivity index (χ1) is 9.65. The number of carbonyl (C=O) groups is 1. The number of hydrogen-bond donors (Lipinski definition) is 2. The van der Waals surface area contributed by atoms with E-state index in [4.69, 9.17) is 9.47 Å². The highest BCUT2D eigenvalue weighted by atomic mass is 79.9. The van der Waals surface area contributed by atoms with Gasteiger partial charge in [0.15, 0.2) is 6.29 Å². The second kappa shape index (κ2) is 9.88. The smallest absolute Gasteiger partial charge is 0.233 e. The highest BCUT2D eigenvalue weighted by molar-refractivity contribution is 9.10. The summed E-state index contributed by atoms with van der Waals surface area (Å²) >= 11 is 3.42. The Morgan fingerprint density at radius 3 is 2.75 bits per heavy atom. The summed E-state index contributed by atoms with van der Waals surface area (Å²) in [6.07, 6.45) is 0.480. The molecule has 0 radical (unpaired) electrons. The summed E-state index contributed by atoms with van der Waals surface area (Å²) in [5, 5.41) is 5.84. The summed E-state index contributed by atoms with van der Waals surface area (Å²) in [7, 11) is 3.13. The van der Waals surface area contributed by atoms with Crippen LogP contribution in [-0.2, 0) is 20.7 Å². The lowest BCUT2D eigenvalue weighted by molar-refractivity contribution is -0.121. The minimum absolute atomic E-state index is 0.0362. The van der Waals surface area contributed by atoms with Crippen molar-refractivity contribution >= 4 is 21.8 Å². The van der Waals surface area contributed by atoms with Gasteiger partial charge in [-0.1, -0.05) is 28.1 Å². The van der Waals surface area contributed by atoms with E-state index in [0.29, 0.717) is 13.1 Å². The van der Waals surface area contributed by atoms with E-state index in [1.54, 1.807) is 14.2 Å². The normalized spacial score (nSPS) is 10.8. The number of methoxy groups -OCH3 is 2. The van der Waals surface area contributed by atoms with Crippen LogP contribution in [0.5, 0.6) is 0 Å². The first-order valence-electron chi connectivity index (χ1n) is 6.43. The Balaban J connectivity index is 2.14. The van der Waals surface area contributed by atoms with Crippen LogP contribution in [0.3, 0.4) is 0 Å². The Labute approximate surface area is 128 Å². The third kappa shape index (κ3) is 7.00. The number of rotatable bonds is 9. The van der Waals surface area contributed by atoms with E-state index in [1.165, 1.54) is 5.56 Å². The van der Waals surface area contributed by atoms with Crippen molar-refractivity contribution in [2.75, 3.05) is 33.9 Å². The van der Waals surface area contributed by atoms with E-state index in [1.807, 2.05) is 24.3 Å². The monoisotopic (exact) mass is 344 g/mol. The van der Waals surface area contributed by atoms with Crippen LogP contribution in [0, 0.1) is 0 Å². The lowest BCUT2D eigenvalue weighted by atomic mass is 10.1. The summed E-state index contributed by atoms with van der Waals surface area (Å²) in [6, 6.07) is 8.05. The third-order valence-electron chi connectivity index (χ3n) is 2.75. The van der Waals surface area contributed by atoms with Gasteiger partial charge in [0, 0.05) is 31.8 Å². The van der Waals surface area contributed by atoms with E-state index < -0.39 is 0 Å². The Hall–Kier alpha value is -0.950. The predicted octanol–water partition coefficient (Wildman–Crippen LogP) is 1.32. The minimum Gasteiger partial charge on any atom is -0.355 e. The first kappa shape index (κ1) is 17.1. The van der Waals surface area contributed by atoms with Gasteiger partial charge < -0.3 is 20.1 Å². The first-order valence-corrected chi connectivity index (χ1v) is 7.22. The number of halogens is 1. The van der Waals surface area contributed by atoms with Crippen LogP contribution >= 0.6 is 15.9 Å². The third-order valence-corrected chi connectivity index (χ3v) is 3.24. The fourth-order valence-electron chi connectivity index (χ4n) is 1.67. The van der Waals surface area contributed by atoms with Gasteiger partial charge >= 0.3 is 0 Å². The molecule has 1 amide bonds. The van der Waals surface area contributed by atoms with Crippen LogP contribution in [0.2, 0.25) is 0 Å². The number of amides is 1. The fourth-order valence-corrected chi connectivity index (χ4v) is 2.11. The van der Waals surface area contributed by atoms with Crippen molar-refractivity contribution in [3.63, 3.8) is 0 Å². The summed E-state index contributed by atoms with van der Waals surface area (Å²) < 4.78 is 11.1. The largest absolute Gasteiger partial charge is 0.355 e. The molecule has 0 bridgehead atoms. The predicted molar refractivity (Wildman–Crippen MR) is 81.5 cm³/mol. The molecule has 1 aromatic carbocycles. The van der Waals surface area contributed by atoms with Gasteiger partial charge in [-0.25, -0.2) is 0 Å². The number of benzene rings is 1. The topological polar surface area (TPSA) is 59.6 Å². The Bertz CT molecular complexity index is 411. The maximum atomic E-state index is 11.6. The van der Waals surface area contributed by atoms with Gasteiger partial charge in [-0.2, -0.15) is 0 Å². The average molecular weight is 345 g/mol. The number of carbonyl (C=O) groups excluding carboxylic acids is 1. The van der Waals surface area contributed by atoms with Crippen molar-refractivity contribution in [1.29, 1.82) is 0 Å². The molecule has 1 aromatic rings. The lowest BCUT2D eigenvalue weighted by Crippen LogP contribution is -2.38. The van der Waals surface area contributed by atoms with Crippen molar-refractivity contribution < 1.29 is 14.3 Å². The molecule has 5 nitrogen and oxygen atoms in total. The Kier molecular flexibility index (Phi) is 8.45. The van der Waals surface area contributed by atoms with Gasteiger partial charge in [0.05, 0.1) is 6.54 Å². The molecule has 0 aliphatic carbocycles. The van der Waals surface area contributed by atoms with Crippen LogP contribution in [0.4, 0.5) is 0 Å². The molecular formula is C14H21BrN2O3. The zero-order valence-corrected chi connectivity index (χ0v) is 13.4. The molecule has 0 saturated carbocycles. The van der Waals surface area contributed by atoms with Crippen molar-refractivity contribution in [2.45, 2.75) is 12.7 Å². The summed E-state index contributed by atoms with van der Waals surface area (Å²) in [5.41, 5.74) is 1.19. The highest BCUT2D eigenvalue weighted by Crippen LogP contribution is 2.11. The number of ether oxygens (including phenoxy) is 2. The van der Waals surface area contributed by atoms with E-state index >= 15 is 0 Å². The molecule has 0 aromatic heterocycles. The van der Waals surface area contributed by atoms with Crippen molar-refractivity contribution in [2.24, 2.45) is 0 Å². The quantitative estimate of drug-likeness (QED) is 0.663. The second-order valence-electron chi connectivity index (χ2n) is 4.26. The fraction of sp³-hybridized carbons (Fsp3) is 0.500. The van der Waals surface area contributed by atoms with E-state index in [9.17, 15) is 4.79 Å². The molecule has 1 rings (SSSR count). The van der Waals surface area contributed by atoms with Crippen LogP contribution in [0.25, 0.3) is 0 Å². The van der Waals surface area contributed by atoms with Gasteiger partial charge in [-0.15, -0.1) is 0 Å². The average Bonchev–Trinajstić information content (AvgIpc) is 2.44. The molecule has 0 aliphatic heterocycles. The highest BCUT2D eigenvalue weighted by Gasteiger charge is 2.06. The lowest BCUT2D eigenvalue weighted by Gasteiger charge is -2.13. The molecule has 0 unspecified atom stereocenters. The minimum atomic E-state index is -0.329. The van der Waals surface area contributed by atoms with Gasteiger partial charge in [0.2, 0.25) is 5.91 Å². The SMILES string of the molecule is COC(CNCC(=O)NCCc1cccc(Br)c1)OC. The number of hydrogen-bond acceptors (Lipinski definition) is 4. The molecule has 0 aliphatic rings. The molecule has 0 fully saturated rings. The molecular weight excluding hydrogens is 324 g/mol. The molecule has 20 heavy (non-hydrogen) atoms. The zero-order valence-electron chi connectivity index (χ0n) is 11.8. The Morgan fingerprint density at radius 2 is 2.10 bits per heavy atom.